The van der Waals surface area contributed by atoms with E-state index >= 15 is 0 Å². The van der Waals surface area contributed by atoms with Crippen molar-refractivity contribution >= 4 is 0 Å². The number of nitrogens with one attached hydrogen (secondary N) is 1. The van der Waals surface area contributed by atoms with Crippen molar-refractivity contribution in [1.82, 2.24) is 15.3 Å². The highest BCUT2D eigenvalue weighted by molar-refractivity contribution is 5.20. The lowest BCUT2D eigenvalue weighted by Crippen LogP contribution is -2.28. The molecule has 1 aromatic rings. The Kier molecular flexibility index (Phi) is 3.70. The molecule has 7 heteroatoms. The Balaban J connectivity index is 2.34. The lowest BCUT2D eigenvalue weighted by Gasteiger charge is -2.22. The number of halogens is 3. The van der Waals surface area contributed by atoms with Gasteiger partial charge in [-0.3, -0.25) is 0 Å². The molecule has 0 aliphatic carbocycles. The highest BCUT2D eigenvalue weighted by atomic mass is 19.4. The van der Waals surface area contributed by atoms with Crippen LogP contribution < -0.4 is 10.1 Å². The molecule has 4 nitrogen and oxygen atoms in total. The second-order valence-corrected chi connectivity index (χ2v) is 4.18. The van der Waals surface area contributed by atoms with Crippen LogP contribution in [0.1, 0.15) is 30.3 Å². The molecule has 0 spiro atoms. The first-order chi connectivity index (χ1) is 8.50. The molecule has 0 aromatic carbocycles. The molecule has 1 saturated heterocycles. The summed E-state index contributed by atoms with van der Waals surface area (Å²) in [5, 5.41) is 3.15. The van der Waals surface area contributed by atoms with Crippen LogP contribution in [-0.2, 0) is 6.18 Å². The maximum Gasteiger partial charge on any atom is 0.433 e. The summed E-state index contributed by atoms with van der Waals surface area (Å²) in [5.41, 5.74) is -0.942. The fourth-order valence-electron chi connectivity index (χ4n) is 1.96. The molecule has 0 radical (unpaired) electrons. The van der Waals surface area contributed by atoms with E-state index in [-0.39, 0.29) is 17.6 Å². The number of hydrogen-bond donors (Lipinski definition) is 1. The topological polar surface area (TPSA) is 47.0 Å². The van der Waals surface area contributed by atoms with Gasteiger partial charge in [0.15, 0.2) is 5.69 Å². The number of ether oxygens (including phenoxy) is 1. The zero-order valence-electron chi connectivity index (χ0n) is 9.92. The van der Waals surface area contributed by atoms with Crippen molar-refractivity contribution in [1.29, 1.82) is 0 Å². The van der Waals surface area contributed by atoms with Gasteiger partial charge in [0.2, 0.25) is 5.88 Å². The molecule has 1 aromatic heterocycles. The van der Waals surface area contributed by atoms with Gasteiger partial charge in [-0.05, 0) is 25.9 Å². The van der Waals surface area contributed by atoms with Crippen molar-refractivity contribution in [2.45, 2.75) is 24.9 Å². The quantitative estimate of drug-likeness (QED) is 0.884. The van der Waals surface area contributed by atoms with E-state index in [1.165, 1.54) is 7.11 Å². The molecule has 1 aliphatic rings. The normalized spacial score (nSPS) is 17.8. The molecule has 0 amide bonds. The summed E-state index contributed by atoms with van der Waals surface area (Å²) < 4.78 is 42.9. The maximum absolute atomic E-state index is 12.7. The van der Waals surface area contributed by atoms with Gasteiger partial charge < -0.3 is 10.1 Å². The smallest absolute Gasteiger partial charge is 0.433 e. The fourth-order valence-corrected chi connectivity index (χ4v) is 1.96. The Morgan fingerprint density at radius 3 is 2.50 bits per heavy atom. The molecule has 1 aliphatic heterocycles. The largest absolute Gasteiger partial charge is 0.481 e. The average molecular weight is 261 g/mol. The molecule has 0 saturated carbocycles. The molecule has 0 bridgehead atoms. The third-order valence-electron chi connectivity index (χ3n) is 2.92. The van der Waals surface area contributed by atoms with E-state index in [0.717, 1.165) is 32.0 Å². The second-order valence-electron chi connectivity index (χ2n) is 4.18. The standard InChI is InChI=1S/C11H14F3N3O/c1-18-9-6-8(11(12,13)14)16-10(17-9)7-2-4-15-5-3-7/h6-7,15H,2-5H2,1H3. The summed E-state index contributed by atoms with van der Waals surface area (Å²) in [7, 11) is 1.30. The van der Waals surface area contributed by atoms with E-state index in [4.69, 9.17) is 4.74 Å². The van der Waals surface area contributed by atoms with E-state index in [0.29, 0.717) is 0 Å². The van der Waals surface area contributed by atoms with Crippen LogP contribution in [0.5, 0.6) is 5.88 Å². The van der Waals surface area contributed by atoms with Crippen molar-refractivity contribution in [3.8, 4) is 5.88 Å². The van der Waals surface area contributed by atoms with E-state index in [9.17, 15) is 13.2 Å². The van der Waals surface area contributed by atoms with Gasteiger partial charge in [-0.1, -0.05) is 0 Å². The lowest BCUT2D eigenvalue weighted by atomic mass is 9.97. The minimum Gasteiger partial charge on any atom is -0.481 e. The van der Waals surface area contributed by atoms with Crippen LogP contribution in [0.2, 0.25) is 0 Å². The van der Waals surface area contributed by atoms with Gasteiger partial charge in [0.05, 0.1) is 7.11 Å². The van der Waals surface area contributed by atoms with Crippen LogP contribution in [0.15, 0.2) is 6.07 Å². The third-order valence-corrected chi connectivity index (χ3v) is 2.92. The zero-order chi connectivity index (χ0) is 13.2. The van der Waals surface area contributed by atoms with Crippen molar-refractivity contribution in [3.63, 3.8) is 0 Å². The highest BCUT2D eigenvalue weighted by Gasteiger charge is 2.34. The first kappa shape index (κ1) is 13.1. The number of nitrogens with zero attached hydrogens (tertiary/aromatic N) is 2. The van der Waals surface area contributed by atoms with Crippen molar-refractivity contribution in [2.24, 2.45) is 0 Å². The minimum absolute atomic E-state index is 0.0362. The molecule has 2 heterocycles. The first-order valence-electron chi connectivity index (χ1n) is 5.71. The Morgan fingerprint density at radius 2 is 1.94 bits per heavy atom. The SMILES string of the molecule is COc1cc(C(F)(F)F)nc(C2CCNCC2)n1. The zero-order valence-corrected chi connectivity index (χ0v) is 9.92. The molecule has 1 fully saturated rings. The number of rotatable bonds is 2. The van der Waals surface area contributed by atoms with Crippen LogP contribution in [-0.4, -0.2) is 30.2 Å². The molecular weight excluding hydrogens is 247 g/mol. The molecule has 0 unspecified atom stereocenters. The molecule has 2 rings (SSSR count). The molecule has 1 N–H and O–H groups in total. The van der Waals surface area contributed by atoms with Crippen LogP contribution in [0.25, 0.3) is 0 Å². The summed E-state index contributed by atoms with van der Waals surface area (Å²) in [6, 6.07) is 0.824. The lowest BCUT2D eigenvalue weighted by molar-refractivity contribution is -0.141. The number of aromatic nitrogens is 2. The van der Waals surface area contributed by atoms with E-state index in [1.54, 1.807) is 0 Å². The summed E-state index contributed by atoms with van der Waals surface area (Å²) in [6.07, 6.45) is -2.99. The number of piperidine rings is 1. The van der Waals surface area contributed by atoms with E-state index in [1.807, 2.05) is 0 Å². The summed E-state index contributed by atoms with van der Waals surface area (Å²) in [4.78, 5) is 7.66. The summed E-state index contributed by atoms with van der Waals surface area (Å²) >= 11 is 0. The fraction of sp³-hybridized carbons (Fsp3) is 0.636. The van der Waals surface area contributed by atoms with E-state index in [2.05, 4.69) is 15.3 Å². The molecular formula is C11H14F3N3O. The van der Waals surface area contributed by atoms with Gasteiger partial charge in [0.25, 0.3) is 0 Å². The van der Waals surface area contributed by atoms with Gasteiger partial charge in [0.1, 0.15) is 5.82 Å². The third kappa shape index (κ3) is 2.90. The van der Waals surface area contributed by atoms with Gasteiger partial charge in [-0.25, -0.2) is 4.98 Å². The Labute approximate surface area is 103 Å². The summed E-state index contributed by atoms with van der Waals surface area (Å²) in [5.74, 6) is 0.150. The number of hydrogen-bond acceptors (Lipinski definition) is 4. The average Bonchev–Trinajstić information content (AvgIpc) is 2.38. The van der Waals surface area contributed by atoms with Gasteiger partial charge in [0, 0.05) is 12.0 Å². The Morgan fingerprint density at radius 1 is 1.28 bits per heavy atom. The Hall–Kier alpha value is -1.37. The van der Waals surface area contributed by atoms with Crippen LogP contribution in [0, 0.1) is 0 Å². The van der Waals surface area contributed by atoms with Crippen molar-refractivity contribution in [2.75, 3.05) is 20.2 Å². The van der Waals surface area contributed by atoms with Crippen LogP contribution >= 0.6 is 0 Å². The van der Waals surface area contributed by atoms with Gasteiger partial charge >= 0.3 is 6.18 Å². The van der Waals surface area contributed by atoms with Gasteiger partial charge in [-0.15, -0.1) is 0 Å². The van der Waals surface area contributed by atoms with E-state index < -0.39 is 11.9 Å². The first-order valence-corrected chi connectivity index (χ1v) is 5.71. The monoisotopic (exact) mass is 261 g/mol. The maximum atomic E-state index is 12.7. The number of methoxy groups -OCH3 is 1. The highest BCUT2D eigenvalue weighted by Crippen LogP contribution is 2.32. The number of alkyl halides is 3. The predicted molar refractivity (Wildman–Crippen MR) is 58.4 cm³/mol. The van der Waals surface area contributed by atoms with Crippen molar-refractivity contribution < 1.29 is 17.9 Å². The van der Waals surface area contributed by atoms with Crippen LogP contribution in [0.4, 0.5) is 13.2 Å². The summed E-state index contributed by atoms with van der Waals surface area (Å²) in [6.45, 7) is 1.54. The second kappa shape index (κ2) is 5.09. The van der Waals surface area contributed by atoms with Crippen molar-refractivity contribution in [3.05, 3.63) is 17.6 Å². The molecule has 0 atom stereocenters. The molecule has 100 valence electrons. The Bertz CT molecular complexity index is 416. The minimum atomic E-state index is -4.47. The van der Waals surface area contributed by atoms with Gasteiger partial charge in [-0.2, -0.15) is 18.2 Å². The van der Waals surface area contributed by atoms with Crippen LogP contribution in [0.3, 0.4) is 0 Å². The predicted octanol–water partition coefficient (Wildman–Crippen LogP) is 1.97. The molecule has 18 heavy (non-hydrogen) atoms.